The van der Waals surface area contributed by atoms with Crippen molar-refractivity contribution in [3.05, 3.63) is 43.2 Å². The lowest BCUT2D eigenvalue weighted by molar-refractivity contribution is -0.388. The summed E-state index contributed by atoms with van der Waals surface area (Å²) in [6, 6.07) is 1.23. The van der Waals surface area contributed by atoms with Crippen LogP contribution in [0.3, 0.4) is 0 Å². The summed E-state index contributed by atoms with van der Waals surface area (Å²) in [6.45, 7) is 0. The van der Waals surface area contributed by atoms with Crippen molar-refractivity contribution in [2.24, 2.45) is 0 Å². The first-order valence-corrected chi connectivity index (χ1v) is 4.81. The van der Waals surface area contributed by atoms with Gasteiger partial charge in [0.1, 0.15) is 9.86 Å². The van der Waals surface area contributed by atoms with Crippen LogP contribution in [0, 0.1) is 15.9 Å². The summed E-state index contributed by atoms with van der Waals surface area (Å²) in [6.07, 6.45) is 1.10. The topological polar surface area (TPSA) is 88.9 Å². The predicted molar refractivity (Wildman–Crippen MR) is 56.7 cm³/mol. The van der Waals surface area contributed by atoms with Crippen LogP contribution in [0.4, 0.5) is 10.1 Å². The molecule has 0 unspecified atom stereocenters. The predicted octanol–water partition coefficient (Wildman–Crippen LogP) is 1.73. The average molecular weight is 288 g/mol. The van der Waals surface area contributed by atoms with E-state index in [4.69, 9.17) is 0 Å². The Morgan fingerprint density at radius 2 is 2.25 bits per heavy atom. The lowest BCUT2D eigenvalue weighted by Gasteiger charge is -2.00. The van der Waals surface area contributed by atoms with Gasteiger partial charge in [-0.15, -0.1) is 0 Å². The maximum Gasteiger partial charge on any atom is 0.319 e. The van der Waals surface area contributed by atoms with Gasteiger partial charge < -0.3 is 4.98 Å². The van der Waals surface area contributed by atoms with Crippen LogP contribution in [-0.4, -0.2) is 14.9 Å². The number of nitro benzene ring substituents is 1. The number of aromatic amines is 1. The van der Waals surface area contributed by atoms with Gasteiger partial charge in [0.2, 0.25) is 5.82 Å². The zero-order chi connectivity index (χ0) is 11.9. The van der Waals surface area contributed by atoms with E-state index in [-0.39, 0.29) is 9.99 Å². The number of hydrogen-bond acceptors (Lipinski definition) is 4. The number of nitrogens with one attached hydrogen (secondary N) is 1. The Balaban J connectivity index is 3.03. The number of hydrogen-bond donors (Lipinski definition) is 1. The van der Waals surface area contributed by atoms with Crippen molar-refractivity contribution < 1.29 is 9.31 Å². The summed E-state index contributed by atoms with van der Waals surface area (Å²) < 4.78 is 13.7. The van der Waals surface area contributed by atoms with E-state index in [9.17, 15) is 19.3 Å². The van der Waals surface area contributed by atoms with Gasteiger partial charge in [-0.2, -0.15) is 4.39 Å². The molecule has 0 radical (unpaired) electrons. The molecule has 0 aliphatic rings. The first kappa shape index (κ1) is 10.7. The normalized spacial score (nSPS) is 10.6. The largest absolute Gasteiger partial charge is 0.319 e. The molecule has 2 aromatic rings. The number of H-pyrrole nitrogens is 1. The maximum atomic E-state index is 13.7. The molecule has 16 heavy (non-hydrogen) atoms. The monoisotopic (exact) mass is 287 g/mol. The van der Waals surface area contributed by atoms with Crippen LogP contribution < -0.4 is 5.56 Å². The van der Waals surface area contributed by atoms with Gasteiger partial charge in [0, 0.05) is 0 Å². The highest BCUT2D eigenvalue weighted by molar-refractivity contribution is 9.10. The molecule has 82 valence electrons. The molecule has 2 rings (SSSR count). The van der Waals surface area contributed by atoms with E-state index in [0.29, 0.717) is 0 Å². The van der Waals surface area contributed by atoms with Crippen molar-refractivity contribution in [2.75, 3.05) is 0 Å². The minimum Gasteiger partial charge on any atom is -0.313 e. The Morgan fingerprint density at radius 1 is 1.56 bits per heavy atom. The number of aromatic nitrogens is 2. The van der Waals surface area contributed by atoms with Crippen LogP contribution in [0.25, 0.3) is 10.9 Å². The van der Waals surface area contributed by atoms with Crippen molar-refractivity contribution >= 4 is 32.5 Å². The fourth-order valence-electron chi connectivity index (χ4n) is 1.31. The summed E-state index contributed by atoms with van der Waals surface area (Å²) in [4.78, 5) is 26.9. The Labute approximate surface area is 95.4 Å². The minimum atomic E-state index is -1.19. The number of nitrogens with zero attached hydrogens (tertiary/aromatic N) is 2. The first-order chi connectivity index (χ1) is 7.52. The van der Waals surface area contributed by atoms with Crippen molar-refractivity contribution in [3.8, 4) is 0 Å². The van der Waals surface area contributed by atoms with E-state index >= 15 is 0 Å². The maximum absolute atomic E-state index is 13.7. The number of fused-ring (bicyclic) bond motifs is 1. The van der Waals surface area contributed by atoms with Gasteiger partial charge in [0.05, 0.1) is 16.8 Å². The van der Waals surface area contributed by atoms with Gasteiger partial charge in [-0.3, -0.25) is 14.9 Å². The van der Waals surface area contributed by atoms with Crippen molar-refractivity contribution in [2.45, 2.75) is 0 Å². The zero-order valence-corrected chi connectivity index (χ0v) is 9.12. The highest BCUT2D eigenvalue weighted by Gasteiger charge is 2.24. The number of nitro groups is 1. The molecule has 0 bridgehead atoms. The van der Waals surface area contributed by atoms with Gasteiger partial charge in [0.25, 0.3) is 5.56 Å². The Hall–Kier alpha value is -1.83. The van der Waals surface area contributed by atoms with Crippen LogP contribution in [-0.2, 0) is 0 Å². The van der Waals surface area contributed by atoms with E-state index < -0.39 is 27.4 Å². The molecule has 0 fully saturated rings. The third kappa shape index (κ3) is 1.47. The fourth-order valence-corrected chi connectivity index (χ4v) is 1.85. The van der Waals surface area contributed by atoms with Crippen molar-refractivity contribution in [1.29, 1.82) is 0 Å². The molecule has 1 aromatic heterocycles. The van der Waals surface area contributed by atoms with Crippen LogP contribution >= 0.6 is 15.9 Å². The fraction of sp³-hybridized carbons (Fsp3) is 0. The highest BCUT2D eigenvalue weighted by Crippen LogP contribution is 2.31. The van der Waals surface area contributed by atoms with E-state index in [1.165, 1.54) is 6.07 Å². The van der Waals surface area contributed by atoms with Crippen LogP contribution in [0.15, 0.2) is 21.7 Å². The van der Waals surface area contributed by atoms with Gasteiger partial charge in [0.15, 0.2) is 0 Å². The second kappa shape index (κ2) is 3.63. The molecule has 0 aliphatic heterocycles. The third-order valence-electron chi connectivity index (χ3n) is 1.98. The molecule has 6 nitrogen and oxygen atoms in total. The molecule has 1 N–H and O–H groups in total. The first-order valence-electron chi connectivity index (χ1n) is 4.02. The lowest BCUT2D eigenvalue weighted by Crippen LogP contribution is -2.10. The molecule has 0 saturated carbocycles. The van der Waals surface area contributed by atoms with E-state index in [1.807, 2.05) is 0 Å². The second-order valence-corrected chi connectivity index (χ2v) is 3.76. The summed E-state index contributed by atoms with van der Waals surface area (Å²) in [5, 5.41) is 10.2. The Kier molecular flexibility index (Phi) is 2.43. The van der Waals surface area contributed by atoms with Gasteiger partial charge in [-0.1, -0.05) is 0 Å². The molecule has 0 amide bonds. The summed E-state index contributed by atoms with van der Waals surface area (Å²) >= 11 is 2.86. The number of benzene rings is 1. The van der Waals surface area contributed by atoms with E-state index in [2.05, 4.69) is 25.9 Å². The van der Waals surface area contributed by atoms with E-state index in [0.717, 1.165) is 6.33 Å². The second-order valence-electron chi connectivity index (χ2n) is 2.90. The Bertz CT molecular complexity index is 655. The summed E-state index contributed by atoms with van der Waals surface area (Å²) in [7, 11) is 0. The van der Waals surface area contributed by atoms with Gasteiger partial charge >= 0.3 is 5.69 Å². The van der Waals surface area contributed by atoms with Gasteiger partial charge in [-0.05, 0) is 22.0 Å². The molecule has 0 aliphatic carbocycles. The van der Waals surface area contributed by atoms with E-state index in [1.54, 1.807) is 0 Å². The van der Waals surface area contributed by atoms with Crippen molar-refractivity contribution in [3.63, 3.8) is 0 Å². The molecule has 1 aromatic carbocycles. The van der Waals surface area contributed by atoms with Crippen LogP contribution in [0.2, 0.25) is 0 Å². The molecule has 0 atom stereocenters. The summed E-state index contributed by atoms with van der Waals surface area (Å²) in [5.41, 5.74) is -1.47. The summed E-state index contributed by atoms with van der Waals surface area (Å²) in [5.74, 6) is -1.19. The quantitative estimate of drug-likeness (QED) is 0.639. The molecule has 0 spiro atoms. The highest BCUT2D eigenvalue weighted by atomic mass is 79.9. The van der Waals surface area contributed by atoms with Crippen molar-refractivity contribution in [1.82, 2.24) is 9.97 Å². The molecule has 0 saturated heterocycles. The molecule has 8 heteroatoms. The molecular weight excluding hydrogens is 285 g/mol. The zero-order valence-electron chi connectivity index (χ0n) is 7.53. The smallest absolute Gasteiger partial charge is 0.313 e. The lowest BCUT2D eigenvalue weighted by atomic mass is 10.2. The SMILES string of the molecule is O=c1[nH]cnc2cc(Br)c([N+](=O)[O-])c(F)c12. The number of rotatable bonds is 1. The van der Waals surface area contributed by atoms with Gasteiger partial charge in [-0.25, -0.2) is 4.98 Å². The minimum absolute atomic E-state index is 0.0544. The number of halogens is 2. The van der Waals surface area contributed by atoms with Crippen LogP contribution in [0.1, 0.15) is 0 Å². The third-order valence-corrected chi connectivity index (χ3v) is 2.59. The van der Waals surface area contributed by atoms with Crippen LogP contribution in [0.5, 0.6) is 0 Å². The molecular formula is C8H3BrFN3O3. The standard InChI is InChI=1S/C8H3BrFN3O3/c9-3-1-4-5(8(14)12-2-11-4)6(10)7(3)13(15)16/h1-2H,(H,11,12,14). The Morgan fingerprint density at radius 3 is 2.88 bits per heavy atom. The average Bonchev–Trinajstić information content (AvgIpc) is 2.15. The molecule has 1 heterocycles.